The summed E-state index contributed by atoms with van der Waals surface area (Å²) in [7, 11) is 1.94. The van der Waals surface area contributed by atoms with Crippen molar-refractivity contribution in [2.75, 3.05) is 7.05 Å². The molecule has 1 N–H and O–H groups in total. The number of nitrogens with zero attached hydrogens (tertiary/aromatic N) is 4. The van der Waals surface area contributed by atoms with E-state index in [9.17, 15) is 4.79 Å². The van der Waals surface area contributed by atoms with Crippen LogP contribution in [0.15, 0.2) is 30.3 Å². The maximum atomic E-state index is 12.8. The summed E-state index contributed by atoms with van der Waals surface area (Å²) >= 11 is 0. The summed E-state index contributed by atoms with van der Waals surface area (Å²) in [5, 5.41) is 12.1. The van der Waals surface area contributed by atoms with Crippen LogP contribution in [0.4, 0.5) is 0 Å². The van der Waals surface area contributed by atoms with Crippen LogP contribution in [0, 0.1) is 6.92 Å². The van der Waals surface area contributed by atoms with Crippen LogP contribution in [-0.4, -0.2) is 51.0 Å². The Labute approximate surface area is 148 Å². The molecule has 2 bridgehead atoms. The highest BCUT2D eigenvalue weighted by molar-refractivity contribution is 5.78. The van der Waals surface area contributed by atoms with Crippen LogP contribution >= 0.6 is 0 Å². The van der Waals surface area contributed by atoms with Crippen molar-refractivity contribution in [3.05, 3.63) is 41.7 Å². The lowest BCUT2D eigenvalue weighted by atomic mass is 9.98. The summed E-state index contributed by atoms with van der Waals surface area (Å²) in [5.41, 5.74) is 2.66. The Morgan fingerprint density at radius 2 is 1.92 bits per heavy atom. The average molecular weight is 339 g/mol. The van der Waals surface area contributed by atoms with Gasteiger partial charge in [-0.15, -0.1) is 5.10 Å². The third kappa shape index (κ3) is 3.18. The molecule has 6 heteroatoms. The third-order valence-electron chi connectivity index (χ3n) is 5.70. The van der Waals surface area contributed by atoms with Crippen molar-refractivity contribution in [2.24, 2.45) is 0 Å². The van der Waals surface area contributed by atoms with Crippen LogP contribution in [0.25, 0.3) is 5.69 Å². The fraction of sp³-hybridized carbons (Fsp3) is 0.526. The molecule has 4 rings (SSSR count). The number of hydrogen-bond acceptors (Lipinski definition) is 4. The van der Waals surface area contributed by atoms with Gasteiger partial charge in [0.05, 0.1) is 23.5 Å². The lowest BCUT2D eigenvalue weighted by Crippen LogP contribution is -2.49. The van der Waals surface area contributed by atoms with E-state index in [-0.39, 0.29) is 5.91 Å². The quantitative estimate of drug-likeness (QED) is 0.923. The van der Waals surface area contributed by atoms with Crippen LogP contribution in [0.5, 0.6) is 0 Å². The Morgan fingerprint density at radius 3 is 2.60 bits per heavy atom. The number of carbonyl (C=O) groups excluding carboxylic acids is 1. The highest BCUT2D eigenvalue weighted by Gasteiger charge is 2.36. The highest BCUT2D eigenvalue weighted by atomic mass is 16.2. The number of nitrogens with one attached hydrogen (secondary N) is 1. The first-order valence-electron chi connectivity index (χ1n) is 9.10. The van der Waals surface area contributed by atoms with Crippen molar-refractivity contribution in [1.29, 1.82) is 0 Å². The molecule has 2 fully saturated rings. The molecule has 2 saturated heterocycles. The number of likely N-dealkylation sites (N-methyl/N-ethyl adjacent to an activating group) is 1. The topological polar surface area (TPSA) is 63.1 Å². The van der Waals surface area contributed by atoms with Crippen molar-refractivity contribution >= 4 is 5.91 Å². The lowest BCUT2D eigenvalue weighted by molar-refractivity contribution is -0.132. The molecule has 6 nitrogen and oxygen atoms in total. The monoisotopic (exact) mass is 339 g/mol. The van der Waals surface area contributed by atoms with E-state index in [0.29, 0.717) is 24.5 Å². The Balaban J connectivity index is 1.45. The number of carbonyl (C=O) groups is 1. The molecule has 2 aromatic rings. The van der Waals surface area contributed by atoms with Gasteiger partial charge in [0.1, 0.15) is 0 Å². The van der Waals surface area contributed by atoms with E-state index in [0.717, 1.165) is 29.9 Å². The summed E-state index contributed by atoms with van der Waals surface area (Å²) in [6.45, 7) is 1.97. The zero-order valence-electron chi connectivity index (χ0n) is 14.9. The van der Waals surface area contributed by atoms with E-state index in [4.69, 9.17) is 0 Å². The minimum atomic E-state index is 0.134. The van der Waals surface area contributed by atoms with Crippen molar-refractivity contribution in [1.82, 2.24) is 25.2 Å². The second-order valence-electron chi connectivity index (χ2n) is 7.31. The van der Waals surface area contributed by atoms with Crippen LogP contribution in [-0.2, 0) is 11.2 Å². The molecule has 3 heterocycles. The van der Waals surface area contributed by atoms with Crippen molar-refractivity contribution in [3.8, 4) is 5.69 Å². The van der Waals surface area contributed by atoms with E-state index in [1.54, 1.807) is 4.68 Å². The summed E-state index contributed by atoms with van der Waals surface area (Å²) in [4.78, 5) is 14.7. The van der Waals surface area contributed by atoms with Crippen molar-refractivity contribution in [3.63, 3.8) is 0 Å². The standard InChI is InChI=1S/C19H25N5O/c1-13-18(21-22-24(13)16-6-4-3-5-7-16)12-19(25)23(2)17-10-14-8-9-15(11-17)20-14/h3-7,14-15,17,20H,8-12H2,1-2H3. The maximum absolute atomic E-state index is 12.8. The first-order chi connectivity index (χ1) is 12.1. The fourth-order valence-corrected chi connectivity index (χ4v) is 4.15. The largest absolute Gasteiger partial charge is 0.342 e. The molecule has 132 valence electrons. The van der Waals surface area contributed by atoms with Crippen LogP contribution in [0.2, 0.25) is 0 Å². The molecule has 0 radical (unpaired) electrons. The van der Waals surface area contributed by atoms with Gasteiger partial charge in [-0.1, -0.05) is 23.4 Å². The zero-order chi connectivity index (χ0) is 17.4. The summed E-state index contributed by atoms with van der Waals surface area (Å²) in [6, 6.07) is 11.4. The Morgan fingerprint density at radius 1 is 1.24 bits per heavy atom. The number of hydrogen-bond donors (Lipinski definition) is 1. The van der Waals surface area contributed by atoms with E-state index >= 15 is 0 Å². The average Bonchev–Trinajstić information content (AvgIpc) is 3.17. The number of amides is 1. The Hall–Kier alpha value is -2.21. The third-order valence-corrected chi connectivity index (χ3v) is 5.70. The van der Waals surface area contributed by atoms with Crippen molar-refractivity contribution in [2.45, 2.75) is 57.2 Å². The molecule has 0 saturated carbocycles. The molecule has 2 aliphatic heterocycles. The number of benzene rings is 1. The number of aromatic nitrogens is 3. The first-order valence-corrected chi connectivity index (χ1v) is 9.10. The number of para-hydroxylation sites is 1. The number of fused-ring (bicyclic) bond motifs is 2. The zero-order valence-corrected chi connectivity index (χ0v) is 14.9. The molecule has 1 aromatic carbocycles. The fourth-order valence-electron chi connectivity index (χ4n) is 4.15. The summed E-state index contributed by atoms with van der Waals surface area (Å²) < 4.78 is 1.80. The smallest absolute Gasteiger partial charge is 0.228 e. The molecule has 0 aliphatic carbocycles. The van der Waals surface area contributed by atoms with Gasteiger partial charge in [-0.05, 0) is 44.7 Å². The molecule has 2 atom stereocenters. The van der Waals surface area contributed by atoms with Crippen LogP contribution in [0.3, 0.4) is 0 Å². The molecular weight excluding hydrogens is 314 g/mol. The number of rotatable bonds is 4. The summed E-state index contributed by atoms with van der Waals surface area (Å²) in [5.74, 6) is 0.134. The molecule has 1 amide bonds. The SMILES string of the molecule is Cc1c(CC(=O)N(C)C2CC3CCC(C2)N3)nnn1-c1ccccc1. The Bertz CT molecular complexity index is 744. The second-order valence-corrected chi connectivity index (χ2v) is 7.31. The molecule has 2 aliphatic rings. The molecule has 1 aromatic heterocycles. The lowest BCUT2D eigenvalue weighted by Gasteiger charge is -2.35. The normalized spacial score (nSPS) is 25.1. The van der Waals surface area contributed by atoms with Gasteiger partial charge >= 0.3 is 0 Å². The molecule has 0 spiro atoms. The molecule has 2 unspecified atom stereocenters. The number of piperidine rings is 1. The maximum Gasteiger partial charge on any atom is 0.228 e. The van der Waals surface area contributed by atoms with Gasteiger partial charge in [-0.25, -0.2) is 4.68 Å². The van der Waals surface area contributed by atoms with Crippen molar-refractivity contribution < 1.29 is 4.79 Å². The van der Waals surface area contributed by atoms with Gasteiger partial charge in [0, 0.05) is 25.2 Å². The van der Waals surface area contributed by atoms with Gasteiger partial charge in [0.25, 0.3) is 0 Å². The van der Waals surface area contributed by atoms with Crippen LogP contribution in [0.1, 0.15) is 37.1 Å². The summed E-state index contributed by atoms with van der Waals surface area (Å²) in [6.07, 6.45) is 4.93. The molecular formula is C19H25N5O. The predicted octanol–water partition coefficient (Wildman–Crippen LogP) is 1.86. The van der Waals surface area contributed by atoms with E-state index < -0.39 is 0 Å². The van der Waals surface area contributed by atoms with Crippen LogP contribution < -0.4 is 5.32 Å². The Kier molecular flexibility index (Phi) is 4.29. The van der Waals surface area contributed by atoms with E-state index in [1.165, 1.54) is 12.8 Å². The minimum absolute atomic E-state index is 0.134. The highest BCUT2D eigenvalue weighted by Crippen LogP contribution is 2.29. The van der Waals surface area contributed by atoms with E-state index in [1.807, 2.05) is 49.2 Å². The minimum Gasteiger partial charge on any atom is -0.342 e. The van der Waals surface area contributed by atoms with Gasteiger partial charge in [0.15, 0.2) is 0 Å². The van der Waals surface area contributed by atoms with E-state index in [2.05, 4.69) is 15.6 Å². The van der Waals surface area contributed by atoms with Gasteiger partial charge in [-0.2, -0.15) is 0 Å². The van der Waals surface area contributed by atoms with Gasteiger partial charge in [-0.3, -0.25) is 4.79 Å². The van der Waals surface area contributed by atoms with Gasteiger partial charge < -0.3 is 10.2 Å². The molecule has 25 heavy (non-hydrogen) atoms. The van der Waals surface area contributed by atoms with Gasteiger partial charge in [0.2, 0.25) is 5.91 Å². The first kappa shape index (κ1) is 16.3. The second kappa shape index (κ2) is 6.59. The predicted molar refractivity (Wildman–Crippen MR) is 95.5 cm³/mol.